The number of anilines is 2. The minimum atomic E-state index is -4.19. The molecule has 2 amide bonds. The number of ether oxygens (including phenoxy) is 2. The first-order valence-corrected chi connectivity index (χ1v) is 13.9. The summed E-state index contributed by atoms with van der Waals surface area (Å²) < 4.78 is 38.5. The quantitative estimate of drug-likeness (QED) is 0.233. The van der Waals surface area contributed by atoms with Crippen LogP contribution in [0.15, 0.2) is 77.1 Å². The van der Waals surface area contributed by atoms with Crippen molar-refractivity contribution < 1.29 is 27.5 Å². The second-order valence-electron chi connectivity index (χ2n) is 8.04. The standard InChI is InChI=1S/C26H25N5O6S2/c1-36-21-13-12-17(16-22(21)37-2)14-15-27-24(33)19-10-6-7-11-20(19)31-39(34,35)26-30-29-25(38-26)28-23(32)18-8-4-3-5-9-18/h3-13,16,31H,14-15H2,1-2H3,(H,27,33)(H,28,29,32). The van der Waals surface area contributed by atoms with Crippen LogP contribution >= 0.6 is 11.3 Å². The Balaban J connectivity index is 1.40. The summed E-state index contributed by atoms with van der Waals surface area (Å²) in [6.45, 7) is 0.302. The molecular formula is C26H25N5O6S2. The zero-order chi connectivity index (χ0) is 27.8. The van der Waals surface area contributed by atoms with Crippen LogP contribution in [0.25, 0.3) is 0 Å². The Morgan fingerprint density at radius 2 is 1.59 bits per heavy atom. The Morgan fingerprint density at radius 3 is 2.33 bits per heavy atom. The van der Waals surface area contributed by atoms with Crippen molar-refractivity contribution in [3.05, 3.63) is 89.5 Å². The molecule has 0 spiro atoms. The molecule has 1 heterocycles. The number of aromatic nitrogens is 2. The summed E-state index contributed by atoms with van der Waals surface area (Å²) in [5.41, 5.74) is 1.52. The highest BCUT2D eigenvalue weighted by molar-refractivity contribution is 7.94. The molecule has 0 atom stereocenters. The second-order valence-corrected chi connectivity index (χ2v) is 10.9. The molecule has 3 N–H and O–H groups in total. The lowest BCUT2D eigenvalue weighted by Gasteiger charge is -2.12. The van der Waals surface area contributed by atoms with E-state index in [0.29, 0.717) is 41.4 Å². The van der Waals surface area contributed by atoms with Gasteiger partial charge in [-0.1, -0.05) is 47.7 Å². The summed E-state index contributed by atoms with van der Waals surface area (Å²) >= 11 is 0.689. The molecule has 39 heavy (non-hydrogen) atoms. The van der Waals surface area contributed by atoms with E-state index in [0.717, 1.165) is 5.56 Å². The maximum absolute atomic E-state index is 13.0. The molecule has 202 valence electrons. The number of nitrogens with one attached hydrogen (secondary N) is 3. The number of methoxy groups -OCH3 is 2. The van der Waals surface area contributed by atoms with Crippen LogP contribution in [0.5, 0.6) is 11.5 Å². The molecular weight excluding hydrogens is 542 g/mol. The van der Waals surface area contributed by atoms with Gasteiger partial charge in [-0.3, -0.25) is 19.6 Å². The molecule has 0 unspecified atom stereocenters. The number of hydrogen-bond donors (Lipinski definition) is 3. The molecule has 11 nitrogen and oxygen atoms in total. The Labute approximate surface area is 229 Å². The Hall–Kier alpha value is -4.49. The largest absolute Gasteiger partial charge is 0.493 e. The topological polar surface area (TPSA) is 149 Å². The molecule has 0 aliphatic rings. The molecule has 0 radical (unpaired) electrons. The van der Waals surface area contributed by atoms with Crippen LogP contribution in [0.1, 0.15) is 26.3 Å². The van der Waals surface area contributed by atoms with Crippen molar-refractivity contribution in [2.75, 3.05) is 30.8 Å². The number of amides is 2. The van der Waals surface area contributed by atoms with Crippen molar-refractivity contribution in [3.63, 3.8) is 0 Å². The number of para-hydroxylation sites is 1. The zero-order valence-corrected chi connectivity index (χ0v) is 22.6. The van der Waals surface area contributed by atoms with E-state index in [1.54, 1.807) is 62.8 Å². The van der Waals surface area contributed by atoms with Crippen molar-refractivity contribution in [2.45, 2.75) is 10.8 Å². The van der Waals surface area contributed by atoms with Gasteiger partial charge in [0.25, 0.3) is 26.2 Å². The van der Waals surface area contributed by atoms with Crippen molar-refractivity contribution in [1.82, 2.24) is 15.5 Å². The molecule has 1 aromatic heterocycles. The average Bonchev–Trinajstić information content (AvgIpc) is 3.43. The molecule has 3 aromatic carbocycles. The number of nitrogens with zero attached hydrogens (tertiary/aromatic N) is 2. The lowest BCUT2D eigenvalue weighted by Crippen LogP contribution is -2.27. The van der Waals surface area contributed by atoms with Crippen LogP contribution in [0.4, 0.5) is 10.8 Å². The number of benzene rings is 3. The second kappa shape index (κ2) is 12.4. The van der Waals surface area contributed by atoms with Gasteiger partial charge in [0.15, 0.2) is 11.5 Å². The smallest absolute Gasteiger partial charge is 0.291 e. The van der Waals surface area contributed by atoms with Gasteiger partial charge < -0.3 is 14.8 Å². The Kier molecular flexibility index (Phi) is 8.74. The predicted molar refractivity (Wildman–Crippen MR) is 147 cm³/mol. The number of carbonyl (C=O) groups excluding carboxylic acids is 2. The number of sulfonamides is 1. The molecule has 13 heteroatoms. The normalized spacial score (nSPS) is 10.9. The zero-order valence-electron chi connectivity index (χ0n) is 21.0. The minimum absolute atomic E-state index is 0.0189. The van der Waals surface area contributed by atoms with Gasteiger partial charge in [-0.2, -0.15) is 8.42 Å². The summed E-state index contributed by atoms with van der Waals surface area (Å²) in [4.78, 5) is 25.2. The molecule has 0 saturated heterocycles. The highest BCUT2D eigenvalue weighted by atomic mass is 32.2. The van der Waals surface area contributed by atoms with E-state index in [1.165, 1.54) is 12.1 Å². The van der Waals surface area contributed by atoms with E-state index in [2.05, 4.69) is 25.6 Å². The van der Waals surface area contributed by atoms with Crippen molar-refractivity contribution >= 4 is 44.0 Å². The fourth-order valence-corrected chi connectivity index (χ4v) is 5.51. The van der Waals surface area contributed by atoms with E-state index >= 15 is 0 Å². The summed E-state index contributed by atoms with van der Waals surface area (Å²) in [7, 11) is -1.09. The van der Waals surface area contributed by atoms with E-state index in [1.807, 2.05) is 12.1 Å². The summed E-state index contributed by atoms with van der Waals surface area (Å²) in [6.07, 6.45) is 0.516. The van der Waals surface area contributed by atoms with Crippen molar-refractivity contribution in [2.24, 2.45) is 0 Å². The van der Waals surface area contributed by atoms with Gasteiger partial charge in [-0.05, 0) is 48.4 Å². The average molecular weight is 568 g/mol. The van der Waals surface area contributed by atoms with Crippen LogP contribution in [0, 0.1) is 0 Å². The molecule has 0 fully saturated rings. The first-order chi connectivity index (χ1) is 18.8. The Morgan fingerprint density at radius 1 is 0.872 bits per heavy atom. The first kappa shape index (κ1) is 27.5. The minimum Gasteiger partial charge on any atom is -0.493 e. The maximum Gasteiger partial charge on any atom is 0.291 e. The highest BCUT2D eigenvalue weighted by Crippen LogP contribution is 2.28. The third-order valence-corrected chi connectivity index (χ3v) is 8.03. The van der Waals surface area contributed by atoms with Crippen molar-refractivity contribution in [1.29, 1.82) is 0 Å². The van der Waals surface area contributed by atoms with Gasteiger partial charge in [0.1, 0.15) is 0 Å². The summed E-state index contributed by atoms with van der Waals surface area (Å²) in [5.74, 6) is 0.286. The summed E-state index contributed by atoms with van der Waals surface area (Å²) in [5, 5.41) is 12.8. The van der Waals surface area contributed by atoms with Crippen molar-refractivity contribution in [3.8, 4) is 11.5 Å². The number of rotatable bonds is 11. The van der Waals surface area contributed by atoms with Crippen LogP contribution in [-0.4, -0.2) is 51.2 Å². The van der Waals surface area contributed by atoms with E-state index in [9.17, 15) is 18.0 Å². The van der Waals surface area contributed by atoms with E-state index in [4.69, 9.17) is 9.47 Å². The molecule has 0 aliphatic heterocycles. The third-order valence-electron chi connectivity index (χ3n) is 5.46. The van der Waals surface area contributed by atoms with Crippen LogP contribution < -0.4 is 24.8 Å². The number of hydrogen-bond acceptors (Lipinski definition) is 9. The lowest BCUT2D eigenvalue weighted by atomic mass is 10.1. The number of carbonyl (C=O) groups is 2. The first-order valence-electron chi connectivity index (χ1n) is 11.6. The van der Waals surface area contributed by atoms with Gasteiger partial charge in [0, 0.05) is 12.1 Å². The van der Waals surface area contributed by atoms with Gasteiger partial charge in [-0.25, -0.2) is 0 Å². The highest BCUT2D eigenvalue weighted by Gasteiger charge is 2.23. The third kappa shape index (κ3) is 6.89. The van der Waals surface area contributed by atoms with Gasteiger partial charge >= 0.3 is 0 Å². The SMILES string of the molecule is COc1ccc(CCNC(=O)c2ccccc2NS(=O)(=O)c2nnc(NC(=O)c3ccccc3)s2)cc1OC. The van der Waals surface area contributed by atoms with E-state index in [-0.39, 0.29) is 20.7 Å². The Bertz CT molecular complexity index is 1570. The van der Waals surface area contributed by atoms with Gasteiger partial charge in [-0.15, -0.1) is 10.2 Å². The monoisotopic (exact) mass is 567 g/mol. The van der Waals surface area contributed by atoms with Gasteiger partial charge in [0.2, 0.25) is 5.13 Å². The van der Waals surface area contributed by atoms with Crippen LogP contribution in [0.2, 0.25) is 0 Å². The molecule has 0 saturated carbocycles. The maximum atomic E-state index is 13.0. The van der Waals surface area contributed by atoms with Gasteiger partial charge in [0.05, 0.1) is 25.5 Å². The fourth-order valence-electron chi connectivity index (χ4n) is 3.54. The molecule has 4 aromatic rings. The molecule has 4 rings (SSSR count). The van der Waals surface area contributed by atoms with Crippen LogP contribution in [-0.2, 0) is 16.4 Å². The van der Waals surface area contributed by atoms with Crippen LogP contribution in [0.3, 0.4) is 0 Å². The lowest BCUT2D eigenvalue weighted by molar-refractivity contribution is 0.0954. The summed E-state index contributed by atoms with van der Waals surface area (Å²) in [6, 6.07) is 20.1. The molecule has 0 aliphatic carbocycles. The predicted octanol–water partition coefficient (Wildman–Crippen LogP) is 3.58. The molecule has 0 bridgehead atoms. The van der Waals surface area contributed by atoms with E-state index < -0.39 is 21.8 Å². The fraction of sp³-hybridized carbons (Fsp3) is 0.154.